The zero-order valence-corrected chi connectivity index (χ0v) is 16.8. The van der Waals surface area contributed by atoms with E-state index in [0.717, 1.165) is 34.8 Å². The van der Waals surface area contributed by atoms with Gasteiger partial charge in [0.2, 0.25) is 0 Å². The van der Waals surface area contributed by atoms with Crippen LogP contribution in [-0.2, 0) is 17.8 Å². The highest BCUT2D eigenvalue weighted by molar-refractivity contribution is 5.82. The maximum Gasteiger partial charge on any atom is 0.264 e. The van der Waals surface area contributed by atoms with Crippen LogP contribution in [0.5, 0.6) is 5.75 Å². The van der Waals surface area contributed by atoms with Crippen molar-refractivity contribution in [3.05, 3.63) is 47.4 Å². The van der Waals surface area contributed by atoms with Crippen molar-refractivity contribution in [1.29, 1.82) is 0 Å². The normalized spacial score (nSPS) is 14.7. The molecule has 1 aromatic heterocycles. The maximum atomic E-state index is 13.2. The van der Waals surface area contributed by atoms with E-state index in [9.17, 15) is 4.79 Å². The van der Waals surface area contributed by atoms with Gasteiger partial charge in [0.15, 0.2) is 6.10 Å². The molecule has 0 bridgehead atoms. The van der Waals surface area contributed by atoms with Crippen LogP contribution in [0.25, 0.3) is 0 Å². The van der Waals surface area contributed by atoms with Crippen molar-refractivity contribution in [2.75, 3.05) is 25.5 Å². The summed E-state index contributed by atoms with van der Waals surface area (Å²) in [6, 6.07) is 7.83. The Hall–Kier alpha value is -2.63. The molecule has 1 aliphatic rings. The van der Waals surface area contributed by atoms with Gasteiger partial charge < -0.3 is 14.5 Å². The molecule has 0 fully saturated rings. The predicted octanol–water partition coefficient (Wildman–Crippen LogP) is 2.84. The Balaban J connectivity index is 1.79. The quantitative estimate of drug-likeness (QED) is 0.812. The molecule has 2 heterocycles. The number of benzene rings is 1. The Morgan fingerprint density at radius 3 is 2.70 bits per heavy atom. The third-order valence-electron chi connectivity index (χ3n) is 4.82. The molecule has 3 rings (SSSR count). The minimum absolute atomic E-state index is 0.0159. The summed E-state index contributed by atoms with van der Waals surface area (Å²) in [6.45, 7) is 7.20. The first-order valence-electron chi connectivity index (χ1n) is 9.39. The predicted molar refractivity (Wildman–Crippen MR) is 106 cm³/mol. The Kier molecular flexibility index (Phi) is 5.63. The van der Waals surface area contributed by atoms with Crippen LogP contribution in [0, 0.1) is 12.8 Å². The highest BCUT2D eigenvalue weighted by atomic mass is 16.5. The summed E-state index contributed by atoms with van der Waals surface area (Å²) in [4.78, 5) is 25.9. The maximum absolute atomic E-state index is 13.2. The fraction of sp³-hybridized carbons (Fsp3) is 0.476. The topological polar surface area (TPSA) is 58.6 Å². The number of rotatable bonds is 5. The lowest BCUT2D eigenvalue weighted by Crippen LogP contribution is -2.47. The molecule has 0 N–H and O–H groups in total. The molecule has 1 atom stereocenters. The number of carbonyl (C=O) groups excluding carboxylic acids is 1. The van der Waals surface area contributed by atoms with Crippen molar-refractivity contribution in [3.63, 3.8) is 0 Å². The van der Waals surface area contributed by atoms with Gasteiger partial charge in [-0.15, -0.1) is 0 Å². The molecule has 1 amide bonds. The van der Waals surface area contributed by atoms with E-state index in [0.29, 0.717) is 13.1 Å². The third kappa shape index (κ3) is 4.21. The van der Waals surface area contributed by atoms with Gasteiger partial charge in [-0.25, -0.2) is 9.97 Å². The lowest BCUT2D eigenvalue weighted by atomic mass is 10.0. The van der Waals surface area contributed by atoms with Crippen LogP contribution in [0.15, 0.2) is 30.6 Å². The molecular weight excluding hydrogens is 340 g/mol. The summed E-state index contributed by atoms with van der Waals surface area (Å²) < 4.78 is 6.09. The highest BCUT2D eigenvalue weighted by Gasteiger charge is 2.32. The average Bonchev–Trinajstić information content (AvgIpc) is 2.64. The fourth-order valence-corrected chi connectivity index (χ4v) is 3.40. The van der Waals surface area contributed by atoms with Crippen LogP contribution in [0.4, 0.5) is 5.82 Å². The van der Waals surface area contributed by atoms with Crippen molar-refractivity contribution in [2.24, 2.45) is 5.92 Å². The van der Waals surface area contributed by atoms with Gasteiger partial charge in [0.05, 0.1) is 12.2 Å². The van der Waals surface area contributed by atoms with Gasteiger partial charge in [-0.05, 0) is 37.0 Å². The van der Waals surface area contributed by atoms with Gasteiger partial charge in [0, 0.05) is 26.2 Å². The Morgan fingerprint density at radius 2 is 2.04 bits per heavy atom. The van der Waals surface area contributed by atoms with E-state index in [1.165, 1.54) is 0 Å². The van der Waals surface area contributed by atoms with E-state index in [1.54, 1.807) is 6.33 Å². The molecule has 6 heteroatoms. The molecule has 1 aliphatic heterocycles. The largest absolute Gasteiger partial charge is 0.480 e. The molecule has 1 aromatic carbocycles. The molecule has 0 spiro atoms. The van der Waals surface area contributed by atoms with Crippen molar-refractivity contribution in [3.8, 4) is 5.75 Å². The summed E-state index contributed by atoms with van der Waals surface area (Å²) in [7, 11) is 3.95. The number of aromatic nitrogens is 2. The Labute approximate surface area is 161 Å². The number of hydrogen-bond donors (Lipinski definition) is 0. The summed E-state index contributed by atoms with van der Waals surface area (Å²) >= 11 is 0. The first kappa shape index (κ1) is 19.1. The average molecular weight is 368 g/mol. The van der Waals surface area contributed by atoms with E-state index in [1.807, 2.05) is 68.9 Å². The molecule has 0 saturated carbocycles. The zero-order valence-electron chi connectivity index (χ0n) is 16.8. The number of hydrogen-bond acceptors (Lipinski definition) is 5. The Bertz CT molecular complexity index is 820. The van der Waals surface area contributed by atoms with Crippen LogP contribution in [0.3, 0.4) is 0 Å². The zero-order chi connectivity index (χ0) is 19.6. The second-order valence-corrected chi connectivity index (χ2v) is 7.63. The first-order chi connectivity index (χ1) is 12.9. The van der Waals surface area contributed by atoms with Gasteiger partial charge in [0.25, 0.3) is 5.91 Å². The van der Waals surface area contributed by atoms with E-state index < -0.39 is 6.10 Å². The first-order valence-corrected chi connectivity index (χ1v) is 9.39. The molecule has 0 unspecified atom stereocenters. The van der Waals surface area contributed by atoms with Crippen LogP contribution in [0.2, 0.25) is 0 Å². The second-order valence-electron chi connectivity index (χ2n) is 7.63. The van der Waals surface area contributed by atoms with Gasteiger partial charge in [0.1, 0.15) is 17.9 Å². The van der Waals surface area contributed by atoms with Crippen LogP contribution in [-0.4, -0.2) is 47.5 Å². The summed E-state index contributed by atoms with van der Waals surface area (Å²) in [5, 5.41) is 0. The van der Waals surface area contributed by atoms with Gasteiger partial charge in [-0.2, -0.15) is 0 Å². The van der Waals surface area contributed by atoms with E-state index in [2.05, 4.69) is 9.97 Å². The van der Waals surface area contributed by atoms with E-state index in [-0.39, 0.29) is 11.8 Å². The number of amides is 1. The number of aryl methyl sites for hydroxylation is 1. The van der Waals surface area contributed by atoms with E-state index >= 15 is 0 Å². The summed E-state index contributed by atoms with van der Waals surface area (Å²) in [6.07, 6.45) is 1.82. The number of ether oxygens (including phenoxy) is 1. The molecule has 0 aliphatic carbocycles. The van der Waals surface area contributed by atoms with Gasteiger partial charge in [-0.3, -0.25) is 4.79 Å². The monoisotopic (exact) mass is 368 g/mol. The molecule has 27 heavy (non-hydrogen) atoms. The fourth-order valence-electron chi connectivity index (χ4n) is 3.40. The summed E-state index contributed by atoms with van der Waals surface area (Å²) in [5.74, 6) is 1.75. The lowest BCUT2D eigenvalue weighted by molar-refractivity contribution is -0.141. The number of fused-ring (bicyclic) bond motifs is 1. The van der Waals surface area contributed by atoms with Crippen LogP contribution >= 0.6 is 0 Å². The molecular formula is C21H28N4O2. The van der Waals surface area contributed by atoms with Crippen molar-refractivity contribution >= 4 is 11.7 Å². The number of carbonyl (C=O) groups is 1. The van der Waals surface area contributed by atoms with Gasteiger partial charge in [-0.1, -0.05) is 26.0 Å². The molecule has 6 nitrogen and oxygen atoms in total. The lowest BCUT2D eigenvalue weighted by Gasteiger charge is -2.33. The summed E-state index contributed by atoms with van der Waals surface area (Å²) in [5.41, 5.74) is 3.17. The number of nitrogens with zero attached hydrogens (tertiary/aromatic N) is 4. The Morgan fingerprint density at radius 1 is 1.26 bits per heavy atom. The van der Waals surface area contributed by atoms with Crippen molar-refractivity contribution in [1.82, 2.24) is 14.9 Å². The second kappa shape index (κ2) is 7.94. The van der Waals surface area contributed by atoms with E-state index in [4.69, 9.17) is 4.74 Å². The van der Waals surface area contributed by atoms with Gasteiger partial charge >= 0.3 is 0 Å². The standard InChI is InChI=1S/C21H28N4O2/c1-14(2)19(27-16-8-6-7-15(3)11-16)21(26)25-10-9-17-18(12-25)22-13-23-20(17)24(4)5/h6-8,11,13-14,19H,9-10,12H2,1-5H3/t19-/m0/s1. The molecule has 0 radical (unpaired) electrons. The minimum atomic E-state index is -0.511. The number of anilines is 1. The van der Waals surface area contributed by atoms with Crippen molar-refractivity contribution < 1.29 is 9.53 Å². The minimum Gasteiger partial charge on any atom is -0.480 e. The van der Waals surface area contributed by atoms with Crippen LogP contribution < -0.4 is 9.64 Å². The van der Waals surface area contributed by atoms with Crippen LogP contribution in [0.1, 0.15) is 30.7 Å². The molecule has 144 valence electrons. The third-order valence-corrected chi connectivity index (χ3v) is 4.82. The molecule has 0 saturated heterocycles. The van der Waals surface area contributed by atoms with Crippen molar-refractivity contribution in [2.45, 2.75) is 39.8 Å². The smallest absolute Gasteiger partial charge is 0.264 e. The molecule has 2 aromatic rings. The SMILES string of the molecule is Cc1cccc(O[C@H](C(=O)N2CCc3c(ncnc3N(C)C)C2)C(C)C)c1. The highest BCUT2D eigenvalue weighted by Crippen LogP contribution is 2.26.